The molecule has 0 bridgehead atoms. The van der Waals surface area contributed by atoms with Gasteiger partial charge in [-0.05, 0) is 60.2 Å². The summed E-state index contributed by atoms with van der Waals surface area (Å²) in [5, 5.41) is 14.1. The van der Waals surface area contributed by atoms with E-state index in [1.54, 1.807) is 42.5 Å². The van der Waals surface area contributed by atoms with Crippen molar-refractivity contribution >= 4 is 51.7 Å². The quantitative estimate of drug-likeness (QED) is 0.147. The average Bonchev–Trinajstić information content (AvgIpc) is 3.04. The zero-order chi connectivity index (χ0) is 30.6. The van der Waals surface area contributed by atoms with Crippen LogP contribution in [0.5, 0.6) is 0 Å². The molecule has 0 aliphatic carbocycles. The van der Waals surface area contributed by atoms with Gasteiger partial charge >= 0.3 is 0 Å². The fourth-order valence-corrected chi connectivity index (χ4v) is 5.69. The number of nitrogens with two attached hydrogens (primary N) is 1. The third-order valence-corrected chi connectivity index (χ3v) is 8.06. The lowest BCUT2D eigenvalue weighted by atomic mass is 9.98. The molecule has 0 aliphatic heterocycles. The molecular formula is C34H23ClN6O2S. The Hall–Kier alpha value is -5.43. The lowest BCUT2D eigenvalue weighted by Crippen LogP contribution is -2.22. The largest absolute Gasteiger partial charge is 0.383 e. The minimum atomic E-state index is -0.254. The van der Waals surface area contributed by atoms with Crippen molar-refractivity contribution in [3.63, 3.8) is 0 Å². The summed E-state index contributed by atoms with van der Waals surface area (Å²) in [5.41, 5.74) is 10.9. The monoisotopic (exact) mass is 614 g/mol. The van der Waals surface area contributed by atoms with Gasteiger partial charge in [0.15, 0.2) is 5.16 Å². The van der Waals surface area contributed by atoms with Crippen LogP contribution in [-0.4, -0.2) is 26.2 Å². The second kappa shape index (κ2) is 12.4. The Morgan fingerprint density at radius 3 is 2.32 bits per heavy atom. The summed E-state index contributed by atoms with van der Waals surface area (Å²) in [4.78, 5) is 35.5. The van der Waals surface area contributed by atoms with Crippen molar-refractivity contribution in [3.05, 3.63) is 130 Å². The Bertz CT molecular complexity index is 2110. The van der Waals surface area contributed by atoms with Gasteiger partial charge in [-0.2, -0.15) is 5.26 Å². The van der Waals surface area contributed by atoms with Crippen molar-refractivity contribution in [2.75, 3.05) is 16.8 Å². The highest BCUT2D eigenvalue weighted by Gasteiger charge is 2.16. The standard InChI is InChI=1S/C34H23ClN6O2S/c35-23-14-10-21(11-15-23)27-18-30(39-32(37)28(27)19-36)22-12-16-24(17-13-22)38-31(42)20-44-34-40-29-9-5-4-8-26(29)33(43)41(34)25-6-2-1-3-7-25/h1-18H,20H2,(H2,37,39)(H,38,42). The third kappa shape index (κ3) is 5.90. The normalized spacial score (nSPS) is 10.8. The SMILES string of the molecule is N#Cc1c(-c2ccc(Cl)cc2)cc(-c2ccc(NC(=O)CSc3nc4ccccc4c(=O)n3-c3ccccc3)cc2)nc1N. The number of nitrogen functional groups attached to an aromatic ring is 1. The molecule has 44 heavy (non-hydrogen) atoms. The number of aromatic nitrogens is 3. The number of hydrogen-bond acceptors (Lipinski definition) is 7. The second-order valence-corrected chi connectivity index (χ2v) is 11.1. The Morgan fingerprint density at radius 1 is 0.909 bits per heavy atom. The van der Waals surface area contributed by atoms with Gasteiger partial charge in [-0.15, -0.1) is 0 Å². The van der Waals surface area contributed by atoms with Crippen molar-refractivity contribution in [2.24, 2.45) is 0 Å². The number of pyridine rings is 1. The van der Waals surface area contributed by atoms with E-state index in [1.807, 2.05) is 66.7 Å². The highest BCUT2D eigenvalue weighted by atomic mass is 35.5. The molecule has 0 fully saturated rings. The maximum absolute atomic E-state index is 13.4. The van der Waals surface area contributed by atoms with E-state index < -0.39 is 0 Å². The van der Waals surface area contributed by atoms with Gasteiger partial charge in [-0.25, -0.2) is 9.97 Å². The maximum atomic E-state index is 13.4. The third-order valence-electron chi connectivity index (χ3n) is 6.87. The van der Waals surface area contributed by atoms with E-state index in [-0.39, 0.29) is 28.6 Å². The van der Waals surface area contributed by atoms with Crippen LogP contribution in [0.2, 0.25) is 5.02 Å². The molecule has 0 saturated carbocycles. The van der Waals surface area contributed by atoms with Crippen molar-refractivity contribution in [2.45, 2.75) is 5.16 Å². The summed E-state index contributed by atoms with van der Waals surface area (Å²) in [5.74, 6) is -0.0893. The van der Waals surface area contributed by atoms with Gasteiger partial charge in [0.25, 0.3) is 5.56 Å². The molecular weight excluding hydrogens is 592 g/mol. The van der Waals surface area contributed by atoms with Gasteiger partial charge in [0, 0.05) is 21.8 Å². The molecule has 0 aliphatic rings. The molecule has 4 aromatic carbocycles. The number of nitriles is 1. The van der Waals surface area contributed by atoms with Crippen LogP contribution in [0.4, 0.5) is 11.5 Å². The van der Waals surface area contributed by atoms with E-state index in [1.165, 1.54) is 16.3 Å². The number of rotatable bonds is 7. The first-order valence-electron chi connectivity index (χ1n) is 13.5. The summed E-state index contributed by atoms with van der Waals surface area (Å²) < 4.78 is 1.53. The molecule has 6 aromatic rings. The van der Waals surface area contributed by atoms with E-state index in [2.05, 4.69) is 16.4 Å². The number of benzene rings is 4. The molecule has 8 nitrogen and oxygen atoms in total. The molecule has 214 valence electrons. The number of amides is 1. The summed E-state index contributed by atoms with van der Waals surface area (Å²) in [7, 11) is 0. The van der Waals surface area contributed by atoms with Crippen molar-refractivity contribution < 1.29 is 4.79 Å². The van der Waals surface area contributed by atoms with E-state index >= 15 is 0 Å². The highest BCUT2D eigenvalue weighted by Crippen LogP contribution is 2.32. The number of thioether (sulfide) groups is 1. The maximum Gasteiger partial charge on any atom is 0.266 e. The van der Waals surface area contributed by atoms with E-state index in [4.69, 9.17) is 22.3 Å². The zero-order valence-electron chi connectivity index (χ0n) is 23.1. The minimum absolute atomic E-state index is 0.0392. The van der Waals surface area contributed by atoms with Crippen molar-refractivity contribution in [1.82, 2.24) is 14.5 Å². The summed E-state index contributed by atoms with van der Waals surface area (Å²) in [6, 6.07) is 34.7. The predicted molar refractivity (Wildman–Crippen MR) is 176 cm³/mol. The molecule has 0 radical (unpaired) electrons. The average molecular weight is 615 g/mol. The number of hydrogen-bond donors (Lipinski definition) is 2. The molecule has 0 saturated heterocycles. The smallest absolute Gasteiger partial charge is 0.266 e. The number of nitrogens with zero attached hydrogens (tertiary/aromatic N) is 4. The molecule has 10 heteroatoms. The minimum Gasteiger partial charge on any atom is -0.383 e. The number of fused-ring (bicyclic) bond motifs is 1. The molecule has 0 spiro atoms. The number of para-hydroxylation sites is 2. The van der Waals surface area contributed by atoms with Crippen LogP contribution < -0.4 is 16.6 Å². The van der Waals surface area contributed by atoms with Crippen LogP contribution in [0, 0.1) is 11.3 Å². The highest BCUT2D eigenvalue weighted by molar-refractivity contribution is 7.99. The first-order valence-corrected chi connectivity index (χ1v) is 14.8. The number of anilines is 2. The van der Waals surface area contributed by atoms with Crippen molar-refractivity contribution in [1.29, 1.82) is 5.26 Å². The predicted octanol–water partition coefficient (Wildman–Crippen LogP) is 6.95. The number of halogens is 1. The lowest BCUT2D eigenvalue weighted by Gasteiger charge is -2.13. The molecule has 2 aromatic heterocycles. The second-order valence-electron chi connectivity index (χ2n) is 9.74. The summed E-state index contributed by atoms with van der Waals surface area (Å²) in [6.45, 7) is 0. The topological polar surface area (TPSA) is 127 Å². The summed E-state index contributed by atoms with van der Waals surface area (Å²) in [6.07, 6.45) is 0. The van der Waals surface area contributed by atoms with Crippen LogP contribution in [0.1, 0.15) is 5.56 Å². The van der Waals surface area contributed by atoms with E-state index in [0.717, 1.165) is 11.1 Å². The van der Waals surface area contributed by atoms with E-state index in [9.17, 15) is 14.9 Å². The number of carbonyl (C=O) groups excluding carboxylic acids is 1. The fraction of sp³-hybridized carbons (Fsp3) is 0.0294. The lowest BCUT2D eigenvalue weighted by molar-refractivity contribution is -0.113. The number of carbonyl (C=O) groups is 1. The molecule has 0 atom stereocenters. The molecule has 1 amide bonds. The van der Waals surface area contributed by atoms with Gasteiger partial charge in [0.2, 0.25) is 5.91 Å². The van der Waals surface area contributed by atoms with E-state index in [0.29, 0.717) is 43.7 Å². The molecule has 0 unspecified atom stereocenters. The fourth-order valence-electron chi connectivity index (χ4n) is 4.75. The number of nitrogens with one attached hydrogen (secondary N) is 1. The first-order chi connectivity index (χ1) is 21.4. The Labute approximate surface area is 261 Å². The Kier molecular flexibility index (Phi) is 8.10. The van der Waals surface area contributed by atoms with Crippen molar-refractivity contribution in [3.8, 4) is 34.1 Å². The van der Waals surface area contributed by atoms with Gasteiger partial charge < -0.3 is 11.1 Å². The Morgan fingerprint density at radius 2 is 1.59 bits per heavy atom. The van der Waals surface area contributed by atoms with Crippen LogP contribution in [0.25, 0.3) is 39.0 Å². The van der Waals surface area contributed by atoms with Gasteiger partial charge in [-0.3, -0.25) is 14.2 Å². The van der Waals surface area contributed by atoms with Gasteiger partial charge in [0.1, 0.15) is 17.5 Å². The first kappa shape index (κ1) is 28.7. The Balaban J connectivity index is 1.21. The summed E-state index contributed by atoms with van der Waals surface area (Å²) >= 11 is 7.23. The van der Waals surface area contributed by atoms with Crippen LogP contribution in [0.3, 0.4) is 0 Å². The molecule has 6 rings (SSSR count). The molecule has 2 heterocycles. The zero-order valence-corrected chi connectivity index (χ0v) is 24.6. The van der Waals surface area contributed by atoms with Gasteiger partial charge in [0.05, 0.1) is 28.0 Å². The van der Waals surface area contributed by atoms with Crippen LogP contribution >= 0.6 is 23.4 Å². The molecule has 3 N–H and O–H groups in total. The van der Waals surface area contributed by atoms with Crippen LogP contribution in [0.15, 0.2) is 119 Å². The van der Waals surface area contributed by atoms with Crippen LogP contribution in [-0.2, 0) is 4.79 Å². The van der Waals surface area contributed by atoms with Gasteiger partial charge in [-0.1, -0.05) is 78.0 Å².